The molecule has 0 atom stereocenters. The van der Waals surface area contributed by atoms with Gasteiger partial charge in [-0.25, -0.2) is 0 Å². The highest BCUT2D eigenvalue weighted by atomic mass is 15.1. The molecule has 2 heteroatoms. The third kappa shape index (κ3) is 4.74. The van der Waals surface area contributed by atoms with Crippen LogP contribution in [0.25, 0.3) is 82.8 Å². The molecule has 1 aliphatic rings. The van der Waals surface area contributed by atoms with E-state index in [0.29, 0.717) is 0 Å². The Bertz CT molecular complexity index is 3020. The zero-order chi connectivity index (χ0) is 35.6. The number of hydrogen-bond acceptors (Lipinski definition) is 1. The second-order valence-electron chi connectivity index (χ2n) is 14.1. The van der Waals surface area contributed by atoms with Crippen LogP contribution < -0.4 is 4.90 Å². The summed E-state index contributed by atoms with van der Waals surface area (Å²) >= 11 is 0. The summed E-state index contributed by atoms with van der Waals surface area (Å²) in [5.41, 5.74) is 17.0. The number of para-hydroxylation sites is 3. The Morgan fingerprint density at radius 2 is 0.833 bits per heavy atom. The van der Waals surface area contributed by atoms with Crippen molar-refractivity contribution in [2.45, 2.75) is 0 Å². The van der Waals surface area contributed by atoms with Crippen molar-refractivity contribution in [3.05, 3.63) is 206 Å². The van der Waals surface area contributed by atoms with Crippen molar-refractivity contribution in [3.63, 3.8) is 0 Å². The van der Waals surface area contributed by atoms with E-state index in [0.717, 1.165) is 17.1 Å². The summed E-state index contributed by atoms with van der Waals surface area (Å²) in [7, 11) is 0. The van der Waals surface area contributed by atoms with E-state index in [1.54, 1.807) is 0 Å². The topological polar surface area (TPSA) is 8.17 Å². The maximum absolute atomic E-state index is 2.38. The summed E-state index contributed by atoms with van der Waals surface area (Å²) in [5.74, 6) is 0. The summed E-state index contributed by atoms with van der Waals surface area (Å²) in [4.78, 5) is 2.38. The molecule has 54 heavy (non-hydrogen) atoms. The van der Waals surface area contributed by atoms with Crippen LogP contribution >= 0.6 is 0 Å². The average Bonchev–Trinajstić information content (AvgIpc) is 3.75. The summed E-state index contributed by atoms with van der Waals surface area (Å²) < 4.78 is 2.37. The molecule has 0 saturated carbocycles. The van der Waals surface area contributed by atoms with Crippen molar-refractivity contribution in [1.82, 2.24) is 4.57 Å². The molecule has 0 saturated heterocycles. The van der Waals surface area contributed by atoms with Gasteiger partial charge in [-0.15, -0.1) is 0 Å². The minimum atomic E-state index is 1.11. The lowest BCUT2D eigenvalue weighted by atomic mass is 9.94. The summed E-state index contributed by atoms with van der Waals surface area (Å²) in [6, 6.07) is 75.1. The maximum Gasteiger partial charge on any atom is 0.0541 e. The average molecular weight is 687 g/mol. The molecule has 252 valence electrons. The lowest BCUT2D eigenvalue weighted by Gasteiger charge is -2.26. The molecule has 11 rings (SSSR count). The van der Waals surface area contributed by atoms with Crippen LogP contribution in [0.15, 0.2) is 206 Å². The highest BCUT2D eigenvalue weighted by molar-refractivity contribution is 6.18. The largest absolute Gasteiger partial charge is 0.310 e. The normalized spacial score (nSPS) is 11.7. The van der Waals surface area contributed by atoms with Crippen LogP contribution in [0.2, 0.25) is 0 Å². The van der Waals surface area contributed by atoms with Crippen molar-refractivity contribution in [2.24, 2.45) is 0 Å². The lowest BCUT2D eigenvalue weighted by Crippen LogP contribution is -2.10. The predicted molar refractivity (Wildman–Crippen MR) is 228 cm³/mol. The van der Waals surface area contributed by atoms with Gasteiger partial charge in [-0.1, -0.05) is 140 Å². The van der Waals surface area contributed by atoms with Crippen LogP contribution in [-0.2, 0) is 0 Å². The van der Waals surface area contributed by atoms with Gasteiger partial charge in [-0.05, 0) is 122 Å². The molecule has 1 aromatic heterocycles. The first kappa shape index (κ1) is 30.5. The smallest absolute Gasteiger partial charge is 0.0541 e. The zero-order valence-electron chi connectivity index (χ0n) is 29.5. The van der Waals surface area contributed by atoms with Gasteiger partial charge in [-0.2, -0.15) is 0 Å². The number of rotatable bonds is 6. The molecule has 0 amide bonds. The second kappa shape index (κ2) is 12.2. The molecule has 0 radical (unpaired) electrons. The molecule has 0 spiro atoms. The van der Waals surface area contributed by atoms with Gasteiger partial charge in [0.2, 0.25) is 0 Å². The Balaban J connectivity index is 1.03. The Labute approximate surface area is 314 Å². The first-order valence-electron chi connectivity index (χ1n) is 18.6. The monoisotopic (exact) mass is 686 g/mol. The van der Waals surface area contributed by atoms with Crippen molar-refractivity contribution < 1.29 is 0 Å². The Hall–Kier alpha value is -7.16. The van der Waals surface area contributed by atoms with Gasteiger partial charge in [0.05, 0.1) is 11.0 Å². The first-order valence-corrected chi connectivity index (χ1v) is 18.6. The van der Waals surface area contributed by atoms with E-state index in [4.69, 9.17) is 0 Å². The molecule has 2 nitrogen and oxygen atoms in total. The molecular weight excluding hydrogens is 653 g/mol. The molecular formula is C52H34N2. The van der Waals surface area contributed by atoms with E-state index in [1.807, 2.05) is 0 Å². The van der Waals surface area contributed by atoms with Crippen molar-refractivity contribution in [3.8, 4) is 50.2 Å². The molecule has 1 aliphatic carbocycles. The SMILES string of the molecule is c1ccc(N(c2cccc(-c3ccc4c(c3)c3ccccc3n4-c3ccccc3)c2)c2cccc(-c3ccc4c5c(cccc35)-c3ccccc3-4)c2)cc1. The fourth-order valence-electron chi connectivity index (χ4n) is 8.73. The van der Waals surface area contributed by atoms with Gasteiger partial charge in [0.15, 0.2) is 0 Å². The molecule has 9 aromatic carbocycles. The first-order chi connectivity index (χ1) is 26.8. The fourth-order valence-corrected chi connectivity index (χ4v) is 8.73. The van der Waals surface area contributed by atoms with Crippen molar-refractivity contribution >= 4 is 49.6 Å². The van der Waals surface area contributed by atoms with E-state index in [1.165, 1.54) is 82.8 Å². The van der Waals surface area contributed by atoms with Gasteiger partial charge in [-0.3, -0.25) is 0 Å². The highest BCUT2D eigenvalue weighted by Crippen LogP contribution is 2.49. The van der Waals surface area contributed by atoms with Gasteiger partial charge in [0, 0.05) is 33.5 Å². The van der Waals surface area contributed by atoms with Crippen LogP contribution in [0, 0.1) is 0 Å². The Kier molecular flexibility index (Phi) is 6.90. The number of anilines is 3. The Morgan fingerprint density at radius 1 is 0.296 bits per heavy atom. The van der Waals surface area contributed by atoms with Crippen LogP contribution in [0.5, 0.6) is 0 Å². The fraction of sp³-hybridized carbons (Fsp3) is 0. The van der Waals surface area contributed by atoms with E-state index >= 15 is 0 Å². The van der Waals surface area contributed by atoms with Gasteiger partial charge < -0.3 is 9.47 Å². The maximum atomic E-state index is 2.38. The quantitative estimate of drug-likeness (QED) is 0.169. The highest BCUT2D eigenvalue weighted by Gasteiger charge is 2.23. The molecule has 0 unspecified atom stereocenters. The van der Waals surface area contributed by atoms with Crippen LogP contribution in [0.1, 0.15) is 0 Å². The van der Waals surface area contributed by atoms with Crippen molar-refractivity contribution in [1.29, 1.82) is 0 Å². The van der Waals surface area contributed by atoms with E-state index in [2.05, 4.69) is 216 Å². The molecule has 10 aromatic rings. The molecule has 1 heterocycles. The number of benzene rings is 9. The third-order valence-corrected chi connectivity index (χ3v) is 11.1. The number of nitrogens with zero attached hydrogens (tertiary/aromatic N) is 2. The number of hydrogen-bond donors (Lipinski definition) is 0. The molecule has 0 fully saturated rings. The van der Waals surface area contributed by atoms with Crippen LogP contribution in [-0.4, -0.2) is 4.57 Å². The van der Waals surface area contributed by atoms with Gasteiger partial charge in [0.1, 0.15) is 0 Å². The van der Waals surface area contributed by atoms with Crippen molar-refractivity contribution in [2.75, 3.05) is 4.90 Å². The predicted octanol–water partition coefficient (Wildman–Crippen LogP) is 14.4. The van der Waals surface area contributed by atoms with E-state index in [9.17, 15) is 0 Å². The molecule has 0 N–H and O–H groups in total. The van der Waals surface area contributed by atoms with E-state index < -0.39 is 0 Å². The summed E-state index contributed by atoms with van der Waals surface area (Å²) in [6.45, 7) is 0. The minimum absolute atomic E-state index is 1.11. The number of aromatic nitrogens is 1. The Morgan fingerprint density at radius 3 is 1.63 bits per heavy atom. The van der Waals surface area contributed by atoms with Crippen LogP contribution in [0.4, 0.5) is 17.1 Å². The minimum Gasteiger partial charge on any atom is -0.310 e. The molecule has 0 bridgehead atoms. The zero-order valence-corrected chi connectivity index (χ0v) is 29.5. The lowest BCUT2D eigenvalue weighted by molar-refractivity contribution is 1.18. The second-order valence-corrected chi connectivity index (χ2v) is 14.1. The van der Waals surface area contributed by atoms with E-state index in [-0.39, 0.29) is 0 Å². The summed E-state index contributed by atoms with van der Waals surface area (Å²) in [5, 5.41) is 5.14. The standard InChI is InChI=1S/C52H34N2/c1-3-16-38(17-4-1)53(41-21-12-15-37(33-41)42-29-30-48-44-23-8-7-22-43(44)47-26-13-25-46(42)52(47)48)40-20-11-14-35(32-40)36-28-31-51-49(34-36)45-24-9-10-27-50(45)54(51)39-18-5-2-6-19-39/h1-34H. The molecule has 0 aliphatic heterocycles. The summed E-state index contributed by atoms with van der Waals surface area (Å²) in [6.07, 6.45) is 0. The number of fused-ring (bicyclic) bond motifs is 6. The van der Waals surface area contributed by atoms with Gasteiger partial charge in [0.25, 0.3) is 0 Å². The van der Waals surface area contributed by atoms with Crippen LogP contribution in [0.3, 0.4) is 0 Å². The van der Waals surface area contributed by atoms with Gasteiger partial charge >= 0.3 is 0 Å². The third-order valence-electron chi connectivity index (χ3n) is 11.1.